The summed E-state index contributed by atoms with van der Waals surface area (Å²) < 4.78 is 18.6. The molecule has 1 atom stereocenters. The number of benzene rings is 1. The van der Waals surface area contributed by atoms with Gasteiger partial charge in [-0.2, -0.15) is 0 Å². The van der Waals surface area contributed by atoms with Crippen LogP contribution in [0.4, 0.5) is 4.39 Å². The lowest BCUT2D eigenvalue weighted by Crippen LogP contribution is -2.31. The van der Waals surface area contributed by atoms with E-state index in [4.69, 9.17) is 10.3 Å². The molecular weight excluding hydrogens is 207 g/mol. The molecule has 1 aromatic heterocycles. The third-order valence-electron chi connectivity index (χ3n) is 2.65. The van der Waals surface area contributed by atoms with Crippen molar-refractivity contribution >= 4 is 11.0 Å². The van der Waals surface area contributed by atoms with E-state index >= 15 is 0 Å². The summed E-state index contributed by atoms with van der Waals surface area (Å²) in [6.07, 6.45) is 0. The summed E-state index contributed by atoms with van der Waals surface area (Å²) in [5, 5.41) is 0.760. The molecule has 1 heterocycles. The molecule has 0 saturated heterocycles. The SMILES string of the molecule is CC(C)C(NN)c1cc2cc(F)ccc2o1. The number of fused-ring (bicyclic) bond motifs is 1. The molecule has 3 N–H and O–H groups in total. The number of furan rings is 1. The predicted molar refractivity (Wildman–Crippen MR) is 61.1 cm³/mol. The number of hydrazine groups is 1. The molecule has 4 heteroatoms. The number of hydrogen-bond acceptors (Lipinski definition) is 3. The topological polar surface area (TPSA) is 51.2 Å². The number of halogens is 1. The van der Waals surface area contributed by atoms with Gasteiger partial charge < -0.3 is 4.42 Å². The summed E-state index contributed by atoms with van der Waals surface area (Å²) in [4.78, 5) is 0. The average molecular weight is 222 g/mol. The molecule has 0 bridgehead atoms. The lowest BCUT2D eigenvalue weighted by molar-refractivity contribution is 0.356. The van der Waals surface area contributed by atoms with Gasteiger partial charge in [0.05, 0.1) is 6.04 Å². The van der Waals surface area contributed by atoms with Gasteiger partial charge in [-0.1, -0.05) is 13.8 Å². The van der Waals surface area contributed by atoms with Crippen molar-refractivity contribution in [2.45, 2.75) is 19.9 Å². The van der Waals surface area contributed by atoms with Gasteiger partial charge in [0.25, 0.3) is 0 Å². The molecule has 16 heavy (non-hydrogen) atoms. The molecule has 0 fully saturated rings. The summed E-state index contributed by atoms with van der Waals surface area (Å²) in [6, 6.07) is 6.23. The molecule has 3 nitrogen and oxygen atoms in total. The van der Waals surface area contributed by atoms with E-state index in [-0.39, 0.29) is 11.9 Å². The number of hydrogen-bond donors (Lipinski definition) is 2. The molecule has 1 aromatic carbocycles. The molecule has 1 unspecified atom stereocenters. The van der Waals surface area contributed by atoms with E-state index in [0.717, 1.165) is 11.1 Å². The summed E-state index contributed by atoms with van der Waals surface area (Å²) in [6.45, 7) is 4.08. The van der Waals surface area contributed by atoms with Gasteiger partial charge in [-0.25, -0.2) is 9.82 Å². The van der Waals surface area contributed by atoms with Crippen LogP contribution in [0.2, 0.25) is 0 Å². The Kier molecular flexibility index (Phi) is 2.94. The summed E-state index contributed by atoms with van der Waals surface area (Å²) in [5.41, 5.74) is 3.38. The van der Waals surface area contributed by atoms with Crippen LogP contribution in [-0.4, -0.2) is 0 Å². The first-order chi connectivity index (χ1) is 7.61. The van der Waals surface area contributed by atoms with Gasteiger partial charge in [0.15, 0.2) is 0 Å². The van der Waals surface area contributed by atoms with Crippen molar-refractivity contribution in [2.75, 3.05) is 0 Å². The minimum Gasteiger partial charge on any atom is -0.459 e. The lowest BCUT2D eigenvalue weighted by Gasteiger charge is -2.16. The highest BCUT2D eigenvalue weighted by molar-refractivity contribution is 5.78. The van der Waals surface area contributed by atoms with Crippen LogP contribution in [0.1, 0.15) is 25.6 Å². The Hall–Kier alpha value is -1.39. The predicted octanol–water partition coefficient (Wildman–Crippen LogP) is 2.73. The Bertz CT molecular complexity index is 493. The molecule has 86 valence electrons. The maximum absolute atomic E-state index is 13.0. The lowest BCUT2D eigenvalue weighted by atomic mass is 10.0. The van der Waals surface area contributed by atoms with E-state index in [9.17, 15) is 4.39 Å². The molecular formula is C12H15FN2O. The zero-order valence-electron chi connectivity index (χ0n) is 9.33. The minimum absolute atomic E-state index is 0.0598. The Morgan fingerprint density at radius 1 is 1.31 bits per heavy atom. The molecule has 0 saturated carbocycles. The molecule has 0 radical (unpaired) electrons. The molecule has 0 aliphatic carbocycles. The summed E-state index contributed by atoms with van der Waals surface area (Å²) in [7, 11) is 0. The van der Waals surface area contributed by atoms with Crippen LogP contribution >= 0.6 is 0 Å². The van der Waals surface area contributed by atoms with Crippen LogP contribution in [0, 0.1) is 11.7 Å². The van der Waals surface area contributed by atoms with Gasteiger partial charge in [0.2, 0.25) is 0 Å². The Morgan fingerprint density at radius 2 is 2.06 bits per heavy atom. The Labute approximate surface area is 93.4 Å². The van der Waals surface area contributed by atoms with Crippen LogP contribution in [0.3, 0.4) is 0 Å². The van der Waals surface area contributed by atoms with E-state index < -0.39 is 0 Å². The van der Waals surface area contributed by atoms with Crippen molar-refractivity contribution in [2.24, 2.45) is 11.8 Å². The van der Waals surface area contributed by atoms with Crippen molar-refractivity contribution in [1.82, 2.24) is 5.43 Å². The average Bonchev–Trinajstić information content (AvgIpc) is 2.60. The highest BCUT2D eigenvalue weighted by Crippen LogP contribution is 2.27. The fourth-order valence-corrected chi connectivity index (χ4v) is 1.79. The molecule has 0 spiro atoms. The van der Waals surface area contributed by atoms with Crippen molar-refractivity contribution in [3.63, 3.8) is 0 Å². The van der Waals surface area contributed by atoms with E-state index in [1.807, 2.05) is 19.9 Å². The van der Waals surface area contributed by atoms with Crippen LogP contribution < -0.4 is 11.3 Å². The van der Waals surface area contributed by atoms with Crippen molar-refractivity contribution in [3.8, 4) is 0 Å². The minimum atomic E-state index is -0.262. The second-order valence-corrected chi connectivity index (χ2v) is 4.22. The van der Waals surface area contributed by atoms with Gasteiger partial charge in [-0.05, 0) is 30.2 Å². The quantitative estimate of drug-likeness (QED) is 0.620. The highest BCUT2D eigenvalue weighted by atomic mass is 19.1. The van der Waals surface area contributed by atoms with Gasteiger partial charge in [-0.3, -0.25) is 5.84 Å². The van der Waals surface area contributed by atoms with Crippen molar-refractivity contribution < 1.29 is 8.81 Å². The fourth-order valence-electron chi connectivity index (χ4n) is 1.79. The van der Waals surface area contributed by atoms with E-state index in [2.05, 4.69) is 5.43 Å². The Morgan fingerprint density at radius 3 is 2.69 bits per heavy atom. The highest BCUT2D eigenvalue weighted by Gasteiger charge is 2.18. The first-order valence-corrected chi connectivity index (χ1v) is 5.27. The number of nitrogens with two attached hydrogens (primary N) is 1. The van der Waals surface area contributed by atoms with E-state index in [1.165, 1.54) is 12.1 Å². The maximum atomic E-state index is 13.0. The normalized spacial score (nSPS) is 13.6. The third-order valence-corrected chi connectivity index (χ3v) is 2.65. The third kappa shape index (κ3) is 1.94. The van der Waals surface area contributed by atoms with E-state index in [0.29, 0.717) is 11.5 Å². The zero-order valence-corrected chi connectivity index (χ0v) is 9.33. The second kappa shape index (κ2) is 4.23. The molecule has 0 aliphatic heterocycles. The van der Waals surface area contributed by atoms with Crippen LogP contribution in [0.25, 0.3) is 11.0 Å². The molecule has 2 aromatic rings. The molecule has 2 rings (SSSR count). The van der Waals surface area contributed by atoms with Crippen LogP contribution in [-0.2, 0) is 0 Å². The first kappa shape index (κ1) is 11.1. The zero-order chi connectivity index (χ0) is 11.7. The summed E-state index contributed by atoms with van der Waals surface area (Å²) in [5.74, 6) is 6.25. The molecule has 0 amide bonds. The summed E-state index contributed by atoms with van der Waals surface area (Å²) >= 11 is 0. The Balaban J connectivity index is 2.45. The van der Waals surface area contributed by atoms with Crippen LogP contribution in [0.15, 0.2) is 28.7 Å². The van der Waals surface area contributed by atoms with Gasteiger partial charge in [-0.15, -0.1) is 0 Å². The largest absolute Gasteiger partial charge is 0.459 e. The fraction of sp³-hybridized carbons (Fsp3) is 0.333. The smallest absolute Gasteiger partial charge is 0.134 e. The van der Waals surface area contributed by atoms with Crippen molar-refractivity contribution in [3.05, 3.63) is 35.8 Å². The molecule has 0 aliphatic rings. The standard InChI is InChI=1S/C12H15FN2O/c1-7(2)12(15-14)11-6-8-5-9(13)3-4-10(8)16-11/h3-7,12,15H,14H2,1-2H3. The first-order valence-electron chi connectivity index (χ1n) is 5.27. The number of nitrogens with one attached hydrogen (secondary N) is 1. The van der Waals surface area contributed by atoms with Gasteiger partial charge >= 0.3 is 0 Å². The monoisotopic (exact) mass is 222 g/mol. The van der Waals surface area contributed by atoms with E-state index in [1.54, 1.807) is 6.07 Å². The number of rotatable bonds is 3. The van der Waals surface area contributed by atoms with Crippen molar-refractivity contribution in [1.29, 1.82) is 0 Å². The van der Waals surface area contributed by atoms with Crippen LogP contribution in [0.5, 0.6) is 0 Å². The maximum Gasteiger partial charge on any atom is 0.134 e. The van der Waals surface area contributed by atoms with Gasteiger partial charge in [0, 0.05) is 5.39 Å². The van der Waals surface area contributed by atoms with Gasteiger partial charge in [0.1, 0.15) is 17.2 Å². The second-order valence-electron chi connectivity index (χ2n) is 4.22.